The smallest absolute Gasteiger partial charge is 0.108 e. The van der Waals surface area contributed by atoms with Gasteiger partial charge in [-0.3, -0.25) is 4.68 Å². The molecule has 0 fully saturated rings. The van der Waals surface area contributed by atoms with E-state index in [4.69, 9.17) is 0 Å². The van der Waals surface area contributed by atoms with Crippen molar-refractivity contribution in [1.29, 1.82) is 0 Å². The minimum Gasteiger partial charge on any atom is -0.392 e. The van der Waals surface area contributed by atoms with Gasteiger partial charge in [-0.2, -0.15) is 5.10 Å². The Balaban J connectivity index is 2.30. The average molecular weight is 235 g/mol. The first-order valence-corrected chi connectivity index (χ1v) is 5.75. The van der Waals surface area contributed by atoms with E-state index in [1.165, 1.54) is 11.8 Å². The van der Waals surface area contributed by atoms with E-state index in [2.05, 4.69) is 10.1 Å². The fourth-order valence-corrected chi connectivity index (χ4v) is 2.40. The van der Waals surface area contributed by atoms with Crippen molar-refractivity contribution in [2.24, 2.45) is 7.05 Å². The molecule has 2 aromatic heterocycles. The van der Waals surface area contributed by atoms with Gasteiger partial charge >= 0.3 is 0 Å². The fourth-order valence-electron chi connectivity index (χ4n) is 1.42. The van der Waals surface area contributed by atoms with Gasteiger partial charge in [-0.05, 0) is 19.1 Å². The van der Waals surface area contributed by atoms with Crippen molar-refractivity contribution in [2.45, 2.75) is 23.6 Å². The number of aryl methyl sites for hydroxylation is 2. The third-order valence-corrected chi connectivity index (χ3v) is 3.33. The summed E-state index contributed by atoms with van der Waals surface area (Å²) in [5, 5.41) is 15.3. The van der Waals surface area contributed by atoms with Crippen LogP contribution in [-0.4, -0.2) is 19.9 Å². The Hall–Kier alpha value is -1.33. The quantitative estimate of drug-likeness (QED) is 0.881. The molecule has 0 amide bonds. The molecule has 0 saturated carbocycles. The lowest BCUT2D eigenvalue weighted by Gasteiger charge is -2.04. The lowest BCUT2D eigenvalue weighted by molar-refractivity contribution is 0.278. The second-order valence-corrected chi connectivity index (χ2v) is 4.48. The molecule has 2 heterocycles. The highest BCUT2D eigenvalue weighted by atomic mass is 32.2. The van der Waals surface area contributed by atoms with Crippen molar-refractivity contribution in [3.05, 3.63) is 35.7 Å². The second-order valence-electron chi connectivity index (χ2n) is 3.48. The normalized spacial score (nSPS) is 10.7. The number of hydrogen-bond donors (Lipinski definition) is 1. The van der Waals surface area contributed by atoms with Crippen LogP contribution in [0, 0.1) is 6.92 Å². The lowest BCUT2D eigenvalue weighted by atomic mass is 10.3. The van der Waals surface area contributed by atoms with Crippen LogP contribution in [0.2, 0.25) is 0 Å². The van der Waals surface area contributed by atoms with Crippen LogP contribution in [0.3, 0.4) is 0 Å². The zero-order valence-corrected chi connectivity index (χ0v) is 10.0. The molecular formula is C11H13N3OS. The molecule has 5 heteroatoms. The van der Waals surface area contributed by atoms with Crippen LogP contribution in [-0.2, 0) is 13.7 Å². The Kier molecular flexibility index (Phi) is 3.26. The molecule has 0 aromatic carbocycles. The van der Waals surface area contributed by atoms with Crippen LogP contribution in [0.4, 0.5) is 0 Å². The van der Waals surface area contributed by atoms with Gasteiger partial charge in [0.25, 0.3) is 0 Å². The summed E-state index contributed by atoms with van der Waals surface area (Å²) >= 11 is 1.52. The SMILES string of the molecule is Cc1cc(Sc2ncccc2CO)n(C)n1. The van der Waals surface area contributed by atoms with Crippen molar-refractivity contribution in [1.82, 2.24) is 14.8 Å². The molecule has 0 saturated heterocycles. The van der Waals surface area contributed by atoms with Crippen LogP contribution in [0.15, 0.2) is 34.4 Å². The van der Waals surface area contributed by atoms with Gasteiger partial charge in [0, 0.05) is 18.8 Å². The summed E-state index contributed by atoms with van der Waals surface area (Å²) in [6, 6.07) is 5.70. The first kappa shape index (κ1) is 11.2. The number of aromatic nitrogens is 3. The Bertz CT molecular complexity index is 496. The Labute approximate surface area is 98.3 Å². The van der Waals surface area contributed by atoms with Crippen LogP contribution in [0.5, 0.6) is 0 Å². The summed E-state index contributed by atoms with van der Waals surface area (Å²) < 4.78 is 1.82. The minimum atomic E-state index is 0.00695. The maximum absolute atomic E-state index is 9.20. The number of rotatable bonds is 3. The molecule has 0 aliphatic heterocycles. The molecule has 0 atom stereocenters. The van der Waals surface area contributed by atoms with Crippen molar-refractivity contribution in [3.63, 3.8) is 0 Å². The van der Waals surface area contributed by atoms with Gasteiger partial charge in [-0.25, -0.2) is 4.98 Å². The first-order valence-electron chi connectivity index (χ1n) is 4.94. The maximum Gasteiger partial charge on any atom is 0.108 e. The average Bonchev–Trinajstić information content (AvgIpc) is 2.58. The summed E-state index contributed by atoms with van der Waals surface area (Å²) in [5.41, 5.74) is 1.82. The fraction of sp³-hybridized carbons (Fsp3) is 0.273. The van der Waals surface area contributed by atoms with Crippen LogP contribution in [0.1, 0.15) is 11.3 Å². The summed E-state index contributed by atoms with van der Waals surface area (Å²) in [7, 11) is 1.90. The molecule has 0 bridgehead atoms. The van der Waals surface area contributed by atoms with Gasteiger partial charge in [-0.1, -0.05) is 17.8 Å². The molecule has 2 rings (SSSR count). The lowest BCUT2D eigenvalue weighted by Crippen LogP contribution is -1.95. The van der Waals surface area contributed by atoms with E-state index in [-0.39, 0.29) is 6.61 Å². The van der Waals surface area contributed by atoms with E-state index < -0.39 is 0 Å². The molecule has 4 nitrogen and oxygen atoms in total. The minimum absolute atomic E-state index is 0.00695. The highest BCUT2D eigenvalue weighted by Gasteiger charge is 2.08. The van der Waals surface area contributed by atoms with Crippen molar-refractivity contribution >= 4 is 11.8 Å². The van der Waals surface area contributed by atoms with Gasteiger partial charge in [-0.15, -0.1) is 0 Å². The van der Waals surface area contributed by atoms with Crippen LogP contribution in [0.25, 0.3) is 0 Å². The van der Waals surface area contributed by atoms with Gasteiger partial charge in [0.1, 0.15) is 10.1 Å². The van der Waals surface area contributed by atoms with Gasteiger partial charge in [0.05, 0.1) is 12.3 Å². The third kappa shape index (κ3) is 2.25. The molecule has 0 radical (unpaired) electrons. The highest BCUT2D eigenvalue weighted by Crippen LogP contribution is 2.28. The largest absolute Gasteiger partial charge is 0.392 e. The Morgan fingerprint density at radius 1 is 1.50 bits per heavy atom. The highest BCUT2D eigenvalue weighted by molar-refractivity contribution is 7.99. The van der Waals surface area contributed by atoms with E-state index in [1.807, 2.05) is 36.9 Å². The number of hydrogen-bond acceptors (Lipinski definition) is 4. The van der Waals surface area contributed by atoms with Crippen molar-refractivity contribution in [2.75, 3.05) is 0 Å². The molecule has 16 heavy (non-hydrogen) atoms. The van der Waals surface area contributed by atoms with Crippen molar-refractivity contribution in [3.8, 4) is 0 Å². The number of aliphatic hydroxyl groups excluding tert-OH is 1. The molecule has 0 spiro atoms. The number of nitrogens with zero attached hydrogens (tertiary/aromatic N) is 3. The van der Waals surface area contributed by atoms with E-state index in [0.717, 1.165) is 21.3 Å². The second kappa shape index (κ2) is 4.67. The van der Waals surface area contributed by atoms with Gasteiger partial charge in [0.2, 0.25) is 0 Å². The summed E-state index contributed by atoms with van der Waals surface area (Å²) in [5.74, 6) is 0. The zero-order chi connectivity index (χ0) is 11.5. The zero-order valence-electron chi connectivity index (χ0n) is 9.21. The number of aliphatic hydroxyl groups is 1. The molecule has 2 aromatic rings. The Morgan fingerprint density at radius 2 is 2.31 bits per heavy atom. The topological polar surface area (TPSA) is 50.9 Å². The summed E-state index contributed by atoms with van der Waals surface area (Å²) in [6.45, 7) is 1.96. The molecule has 1 N–H and O–H groups in total. The standard InChI is InChI=1S/C11H13N3OS/c1-8-6-10(14(2)13-8)16-11-9(7-15)4-3-5-12-11/h3-6,15H,7H2,1-2H3. The van der Waals surface area contributed by atoms with E-state index in [1.54, 1.807) is 6.20 Å². The predicted octanol–water partition coefficient (Wildman–Crippen LogP) is 1.77. The van der Waals surface area contributed by atoms with Crippen molar-refractivity contribution < 1.29 is 5.11 Å². The molecular weight excluding hydrogens is 222 g/mol. The molecule has 0 aliphatic carbocycles. The Morgan fingerprint density at radius 3 is 2.94 bits per heavy atom. The number of pyridine rings is 1. The van der Waals surface area contributed by atoms with Gasteiger partial charge in [0.15, 0.2) is 0 Å². The molecule has 0 unspecified atom stereocenters. The first-order chi connectivity index (χ1) is 7.70. The van der Waals surface area contributed by atoms with Crippen LogP contribution < -0.4 is 0 Å². The molecule has 0 aliphatic rings. The monoisotopic (exact) mass is 235 g/mol. The molecule has 84 valence electrons. The van der Waals surface area contributed by atoms with E-state index >= 15 is 0 Å². The van der Waals surface area contributed by atoms with Crippen LogP contribution >= 0.6 is 11.8 Å². The van der Waals surface area contributed by atoms with E-state index in [0.29, 0.717) is 0 Å². The maximum atomic E-state index is 9.20. The van der Waals surface area contributed by atoms with Gasteiger partial charge < -0.3 is 5.11 Å². The summed E-state index contributed by atoms with van der Waals surface area (Å²) in [4.78, 5) is 4.26. The third-order valence-electron chi connectivity index (χ3n) is 2.18. The predicted molar refractivity (Wildman–Crippen MR) is 62.2 cm³/mol. The van der Waals surface area contributed by atoms with E-state index in [9.17, 15) is 5.11 Å². The summed E-state index contributed by atoms with van der Waals surface area (Å²) in [6.07, 6.45) is 1.73.